The van der Waals surface area contributed by atoms with E-state index in [0.29, 0.717) is 0 Å². The summed E-state index contributed by atoms with van der Waals surface area (Å²) in [6.45, 7) is 0. The quantitative estimate of drug-likeness (QED) is 0.531. The summed E-state index contributed by atoms with van der Waals surface area (Å²) < 4.78 is 22.0. The monoisotopic (exact) mass is 231 g/mol. The summed E-state index contributed by atoms with van der Waals surface area (Å²) in [6, 6.07) is 3.64. The number of sulfonamides is 1. The van der Waals surface area contributed by atoms with Crippen molar-refractivity contribution in [3.05, 3.63) is 18.2 Å². The van der Waals surface area contributed by atoms with Gasteiger partial charge in [-0.2, -0.15) is 0 Å². The minimum absolute atomic E-state index is 0.0339. The number of nitrogens with two attached hydrogens (primary N) is 2. The third-order valence-electron chi connectivity index (χ3n) is 1.57. The zero-order valence-electron chi connectivity index (χ0n) is 7.47. The molecule has 0 aliphatic carbocycles. The molecule has 0 saturated heterocycles. The van der Waals surface area contributed by atoms with Crippen LogP contribution in [0.25, 0.3) is 0 Å². The van der Waals surface area contributed by atoms with Crippen molar-refractivity contribution in [2.24, 2.45) is 5.14 Å². The highest BCUT2D eigenvalue weighted by molar-refractivity contribution is 7.89. The summed E-state index contributed by atoms with van der Waals surface area (Å²) in [4.78, 5) is 9.98. The Balaban J connectivity index is 3.23. The van der Waals surface area contributed by atoms with E-state index < -0.39 is 16.1 Å². The van der Waals surface area contributed by atoms with Crippen LogP contribution in [0.3, 0.4) is 0 Å². The highest BCUT2D eigenvalue weighted by atomic mass is 32.2. The maximum Gasteiger partial charge on any atom is 0.409 e. The molecule has 1 aromatic carbocycles. The maximum absolute atomic E-state index is 11.0. The number of amides is 1. The topological polar surface area (TPSA) is 136 Å². The smallest absolute Gasteiger partial charge is 0.409 e. The standard InChI is InChI=1S/C7H9N3O4S/c8-5-2-1-4(10-7(11)12)3-6(5)15(9,13)14/h1-3,10H,8H2,(H,11,12)(H2,9,13,14). The van der Waals surface area contributed by atoms with Crippen LogP contribution in [0, 0.1) is 0 Å². The second-order valence-corrected chi connectivity index (χ2v) is 4.26. The van der Waals surface area contributed by atoms with Crippen molar-refractivity contribution in [3.8, 4) is 0 Å². The van der Waals surface area contributed by atoms with E-state index in [-0.39, 0.29) is 16.3 Å². The van der Waals surface area contributed by atoms with Gasteiger partial charge in [0.25, 0.3) is 0 Å². The van der Waals surface area contributed by atoms with Gasteiger partial charge < -0.3 is 10.8 Å². The molecule has 0 atom stereocenters. The van der Waals surface area contributed by atoms with Gasteiger partial charge in [0.15, 0.2) is 0 Å². The zero-order chi connectivity index (χ0) is 11.6. The first-order valence-corrected chi connectivity index (χ1v) is 5.27. The molecular formula is C7H9N3O4S. The SMILES string of the molecule is Nc1ccc(NC(=O)O)cc1S(N)(=O)=O. The summed E-state index contributed by atoms with van der Waals surface area (Å²) in [6.07, 6.45) is -1.31. The first kappa shape index (κ1) is 11.3. The first-order valence-electron chi connectivity index (χ1n) is 3.73. The Bertz CT molecular complexity index is 497. The van der Waals surface area contributed by atoms with E-state index in [0.717, 1.165) is 6.07 Å². The fraction of sp³-hybridized carbons (Fsp3) is 0. The molecule has 0 heterocycles. The molecule has 8 heteroatoms. The van der Waals surface area contributed by atoms with Gasteiger partial charge in [0, 0.05) is 5.69 Å². The number of rotatable bonds is 2. The Labute approximate surface area is 85.7 Å². The average molecular weight is 231 g/mol. The number of benzene rings is 1. The predicted octanol–water partition coefficient (Wildman–Crippen LogP) is 0.00610. The molecular weight excluding hydrogens is 222 g/mol. The number of nitrogens with one attached hydrogen (secondary N) is 1. The van der Waals surface area contributed by atoms with Gasteiger partial charge in [-0.15, -0.1) is 0 Å². The molecule has 0 aromatic heterocycles. The first-order chi connectivity index (χ1) is 6.80. The second kappa shape index (κ2) is 3.75. The van der Waals surface area contributed by atoms with Crippen molar-refractivity contribution in [1.29, 1.82) is 0 Å². The Morgan fingerprint density at radius 1 is 1.40 bits per heavy atom. The van der Waals surface area contributed by atoms with E-state index in [1.165, 1.54) is 12.1 Å². The minimum atomic E-state index is -3.95. The lowest BCUT2D eigenvalue weighted by Gasteiger charge is -2.06. The lowest BCUT2D eigenvalue weighted by atomic mass is 10.3. The molecule has 0 aliphatic heterocycles. The number of carboxylic acid groups (broad SMARTS) is 1. The van der Waals surface area contributed by atoms with Gasteiger partial charge in [0.1, 0.15) is 4.90 Å². The predicted molar refractivity (Wildman–Crippen MR) is 53.9 cm³/mol. The van der Waals surface area contributed by atoms with Crippen molar-refractivity contribution in [3.63, 3.8) is 0 Å². The molecule has 0 bridgehead atoms. The van der Waals surface area contributed by atoms with Gasteiger partial charge in [-0.25, -0.2) is 18.4 Å². The molecule has 0 radical (unpaired) electrons. The molecule has 0 saturated carbocycles. The molecule has 7 nitrogen and oxygen atoms in total. The summed E-state index contributed by atoms with van der Waals surface area (Å²) in [5.41, 5.74) is 5.42. The molecule has 0 unspecified atom stereocenters. The molecule has 82 valence electrons. The van der Waals surface area contributed by atoms with Crippen LogP contribution in [-0.2, 0) is 10.0 Å². The van der Waals surface area contributed by atoms with Crippen molar-refractivity contribution >= 4 is 27.5 Å². The van der Waals surface area contributed by atoms with Gasteiger partial charge in [-0.1, -0.05) is 0 Å². The third kappa shape index (κ3) is 2.82. The van der Waals surface area contributed by atoms with Gasteiger partial charge in [-0.05, 0) is 18.2 Å². The highest BCUT2D eigenvalue weighted by Crippen LogP contribution is 2.21. The van der Waals surface area contributed by atoms with E-state index in [1.54, 1.807) is 0 Å². The van der Waals surface area contributed by atoms with Gasteiger partial charge in [0.2, 0.25) is 10.0 Å². The van der Waals surface area contributed by atoms with Crippen LogP contribution in [0.2, 0.25) is 0 Å². The van der Waals surface area contributed by atoms with Crippen molar-refractivity contribution < 1.29 is 18.3 Å². The van der Waals surface area contributed by atoms with Crippen LogP contribution in [0.15, 0.2) is 23.1 Å². The van der Waals surface area contributed by atoms with Crippen molar-refractivity contribution in [1.82, 2.24) is 0 Å². The molecule has 1 amide bonds. The lowest BCUT2D eigenvalue weighted by Crippen LogP contribution is -2.15. The molecule has 1 aromatic rings. The number of carbonyl (C=O) groups is 1. The van der Waals surface area contributed by atoms with Crippen LogP contribution in [0.1, 0.15) is 0 Å². The average Bonchev–Trinajstić information content (AvgIpc) is 2.05. The number of nitrogen functional groups attached to an aromatic ring is 1. The number of hydrogen-bond donors (Lipinski definition) is 4. The normalized spacial score (nSPS) is 11.0. The zero-order valence-corrected chi connectivity index (χ0v) is 8.28. The molecule has 0 fully saturated rings. The highest BCUT2D eigenvalue weighted by Gasteiger charge is 2.13. The molecule has 15 heavy (non-hydrogen) atoms. The van der Waals surface area contributed by atoms with Crippen molar-refractivity contribution in [2.75, 3.05) is 11.1 Å². The van der Waals surface area contributed by atoms with Crippen LogP contribution < -0.4 is 16.2 Å². The summed E-state index contributed by atoms with van der Waals surface area (Å²) in [5, 5.41) is 15.3. The van der Waals surface area contributed by atoms with E-state index in [2.05, 4.69) is 0 Å². The Morgan fingerprint density at radius 3 is 2.47 bits per heavy atom. The fourth-order valence-corrected chi connectivity index (χ4v) is 1.67. The van der Waals surface area contributed by atoms with E-state index in [1.807, 2.05) is 5.32 Å². The lowest BCUT2D eigenvalue weighted by molar-refractivity contribution is 0.209. The Hall–Kier alpha value is -1.80. The van der Waals surface area contributed by atoms with Gasteiger partial charge >= 0.3 is 6.09 Å². The van der Waals surface area contributed by atoms with Gasteiger partial charge in [0.05, 0.1) is 5.69 Å². The van der Waals surface area contributed by atoms with Crippen molar-refractivity contribution in [2.45, 2.75) is 4.90 Å². The Kier molecular flexibility index (Phi) is 2.82. The number of hydrogen-bond acceptors (Lipinski definition) is 4. The van der Waals surface area contributed by atoms with E-state index >= 15 is 0 Å². The summed E-state index contributed by atoms with van der Waals surface area (Å²) >= 11 is 0. The fourth-order valence-electron chi connectivity index (χ4n) is 0.982. The van der Waals surface area contributed by atoms with Crippen LogP contribution in [0.4, 0.5) is 16.2 Å². The minimum Gasteiger partial charge on any atom is -0.465 e. The molecule has 6 N–H and O–H groups in total. The number of anilines is 2. The second-order valence-electron chi connectivity index (χ2n) is 2.73. The van der Waals surface area contributed by atoms with Crippen LogP contribution in [-0.4, -0.2) is 19.6 Å². The van der Waals surface area contributed by atoms with E-state index in [9.17, 15) is 13.2 Å². The van der Waals surface area contributed by atoms with Crippen LogP contribution in [0.5, 0.6) is 0 Å². The largest absolute Gasteiger partial charge is 0.465 e. The van der Waals surface area contributed by atoms with Gasteiger partial charge in [-0.3, -0.25) is 5.32 Å². The third-order valence-corrected chi connectivity index (χ3v) is 2.54. The maximum atomic E-state index is 11.0. The molecule has 0 spiro atoms. The molecule has 1 rings (SSSR count). The molecule has 0 aliphatic rings. The number of primary sulfonamides is 1. The van der Waals surface area contributed by atoms with Crippen LogP contribution >= 0.6 is 0 Å². The summed E-state index contributed by atoms with van der Waals surface area (Å²) in [5.74, 6) is 0. The summed E-state index contributed by atoms with van der Waals surface area (Å²) in [7, 11) is -3.95. The Morgan fingerprint density at radius 2 is 2.00 bits per heavy atom. The van der Waals surface area contributed by atoms with E-state index in [4.69, 9.17) is 16.0 Å².